The topological polar surface area (TPSA) is 89.7 Å². The molecule has 0 bridgehead atoms. The maximum atomic E-state index is 15.0. The summed E-state index contributed by atoms with van der Waals surface area (Å²) >= 11 is 3.72. The van der Waals surface area contributed by atoms with Crippen molar-refractivity contribution >= 4 is 40.8 Å². The molecule has 1 N–H and O–H groups in total. The second-order valence-electron chi connectivity index (χ2n) is 14.0. The van der Waals surface area contributed by atoms with E-state index in [2.05, 4.69) is 76.6 Å². The quantitative estimate of drug-likeness (QED) is 0.146. The van der Waals surface area contributed by atoms with Gasteiger partial charge in [-0.25, -0.2) is 0 Å². The van der Waals surface area contributed by atoms with Gasteiger partial charge in [0, 0.05) is 28.7 Å². The van der Waals surface area contributed by atoms with Crippen LogP contribution in [0.1, 0.15) is 41.6 Å². The summed E-state index contributed by atoms with van der Waals surface area (Å²) in [7, 11) is -0.619. The van der Waals surface area contributed by atoms with E-state index in [0.717, 1.165) is 38.3 Å². The molecule has 5 aromatic rings. The molecule has 0 saturated carbocycles. The van der Waals surface area contributed by atoms with Gasteiger partial charge in [-0.1, -0.05) is 119 Å². The Bertz CT molecular complexity index is 1960. The summed E-state index contributed by atoms with van der Waals surface area (Å²) in [5, 5.41) is 20.5. The van der Waals surface area contributed by atoms with Gasteiger partial charge in [0.1, 0.15) is 5.75 Å². The lowest BCUT2D eigenvalue weighted by atomic mass is 9.82. The number of rotatable bonds is 11. The van der Waals surface area contributed by atoms with Crippen LogP contribution in [0, 0.1) is 5.92 Å². The number of halogens is 1. The zero-order valence-electron chi connectivity index (χ0n) is 28.9. The van der Waals surface area contributed by atoms with Gasteiger partial charge < -0.3 is 19.5 Å². The minimum absolute atomic E-state index is 0.00863. The number of amides is 1. The maximum absolute atomic E-state index is 15.0. The fourth-order valence-corrected chi connectivity index (χ4v) is 12.8. The van der Waals surface area contributed by atoms with Gasteiger partial charge >= 0.3 is 0 Å². The van der Waals surface area contributed by atoms with Crippen LogP contribution in [0.2, 0.25) is 18.6 Å². The first kappa shape index (κ1) is 34.4. The molecule has 7 rings (SSSR count). The summed E-state index contributed by atoms with van der Waals surface area (Å²) < 4.78 is 15.6. The number of carbonyl (C=O) groups is 1. The number of benzene rings is 4. The molecule has 3 heterocycles. The number of methoxy groups -OCH3 is 1. The highest BCUT2D eigenvalue weighted by atomic mass is 79.9. The van der Waals surface area contributed by atoms with Gasteiger partial charge in [-0.3, -0.25) is 9.48 Å². The van der Waals surface area contributed by atoms with Gasteiger partial charge in [0.05, 0.1) is 51.7 Å². The molecule has 1 unspecified atom stereocenters. The molecule has 1 spiro atoms. The Morgan fingerprint density at radius 1 is 1.00 bits per heavy atom. The van der Waals surface area contributed by atoms with E-state index >= 15 is 4.79 Å². The lowest BCUT2D eigenvalue weighted by Gasteiger charge is -2.37. The van der Waals surface area contributed by atoms with Gasteiger partial charge in [-0.05, 0) is 53.4 Å². The molecule has 2 aliphatic heterocycles. The van der Waals surface area contributed by atoms with Crippen molar-refractivity contribution in [1.29, 1.82) is 0 Å². The van der Waals surface area contributed by atoms with Crippen LogP contribution in [0.25, 0.3) is 0 Å². The molecule has 258 valence electrons. The van der Waals surface area contributed by atoms with Crippen molar-refractivity contribution in [2.45, 2.75) is 62.7 Å². The Morgan fingerprint density at radius 2 is 1.70 bits per heavy atom. The van der Waals surface area contributed by atoms with Gasteiger partial charge in [0.2, 0.25) is 0 Å². The van der Waals surface area contributed by atoms with Gasteiger partial charge in [0.25, 0.3) is 5.91 Å². The van der Waals surface area contributed by atoms with Gasteiger partial charge in [-0.15, -0.1) is 5.10 Å². The highest BCUT2D eigenvalue weighted by Crippen LogP contribution is 2.60. The Labute approximate surface area is 303 Å². The first-order valence-corrected chi connectivity index (χ1v) is 21.1. The zero-order valence-corrected chi connectivity index (χ0v) is 31.5. The molecule has 0 radical (unpaired) electrons. The number of nitrogens with zero attached hydrogens (tertiary/aromatic N) is 4. The van der Waals surface area contributed by atoms with Gasteiger partial charge in [0.15, 0.2) is 5.60 Å². The van der Waals surface area contributed by atoms with Crippen molar-refractivity contribution in [3.63, 3.8) is 0 Å². The molecule has 2 aliphatic rings. The van der Waals surface area contributed by atoms with Crippen LogP contribution in [-0.4, -0.2) is 53.9 Å². The van der Waals surface area contributed by atoms with E-state index in [9.17, 15) is 5.11 Å². The predicted molar refractivity (Wildman–Crippen MR) is 201 cm³/mol. The molecule has 1 amide bonds. The minimum Gasteiger partial charge on any atom is -0.497 e. The summed E-state index contributed by atoms with van der Waals surface area (Å²) in [5.41, 5.74) is 3.56. The molecule has 5 atom stereocenters. The number of aromatic nitrogens is 3. The molecular weight excluding hydrogens is 708 g/mol. The van der Waals surface area contributed by atoms with E-state index in [1.54, 1.807) is 7.11 Å². The average molecular weight is 752 g/mol. The van der Waals surface area contributed by atoms with Gasteiger partial charge in [-0.2, -0.15) is 0 Å². The fourth-order valence-electron chi connectivity index (χ4n) is 8.38. The number of ether oxygens (including phenoxy) is 2. The van der Waals surface area contributed by atoms with E-state index in [1.807, 2.05) is 88.6 Å². The lowest BCUT2D eigenvalue weighted by Crippen LogP contribution is -2.51. The summed E-state index contributed by atoms with van der Waals surface area (Å²) in [6.45, 7) is 7.98. The first-order chi connectivity index (χ1) is 24.2. The second kappa shape index (κ2) is 13.9. The number of aliphatic hydroxyl groups is 1. The number of anilines is 1. The Kier molecular flexibility index (Phi) is 9.56. The summed E-state index contributed by atoms with van der Waals surface area (Å²) in [6.07, 6.45) is 2.35. The Hall–Kier alpha value is -4.09. The third-order valence-electron chi connectivity index (χ3n) is 10.9. The molecular formula is C40H43BrN4O4Si. The molecule has 10 heteroatoms. The highest BCUT2D eigenvalue weighted by Gasteiger charge is 2.66. The molecule has 50 heavy (non-hydrogen) atoms. The Morgan fingerprint density at radius 3 is 2.38 bits per heavy atom. The monoisotopic (exact) mass is 750 g/mol. The number of hydrogen-bond donors (Lipinski definition) is 1. The van der Waals surface area contributed by atoms with Crippen molar-refractivity contribution in [3.05, 3.63) is 136 Å². The molecule has 0 aliphatic carbocycles. The molecule has 1 fully saturated rings. The number of aliphatic hydroxyl groups excluding tert-OH is 1. The van der Waals surface area contributed by atoms with Crippen molar-refractivity contribution in [1.82, 2.24) is 15.0 Å². The number of fused-ring (bicyclic) bond motifs is 2. The van der Waals surface area contributed by atoms with Crippen LogP contribution in [-0.2, 0) is 28.2 Å². The summed E-state index contributed by atoms with van der Waals surface area (Å²) in [5.74, 6) is 0.445. The summed E-state index contributed by atoms with van der Waals surface area (Å²) in [6, 6.07) is 34.6. The molecule has 8 nitrogen and oxygen atoms in total. The number of carbonyl (C=O) groups excluding carboxylic acids is 1. The van der Waals surface area contributed by atoms with Crippen LogP contribution in [0.15, 0.2) is 114 Å². The van der Waals surface area contributed by atoms with Crippen molar-refractivity contribution < 1.29 is 19.4 Å². The number of hydrogen-bond acceptors (Lipinski definition) is 6. The number of aryl methyl sites for hydroxylation is 1. The first-order valence-electron chi connectivity index (χ1n) is 17.2. The van der Waals surface area contributed by atoms with Crippen molar-refractivity contribution in [2.75, 3.05) is 18.6 Å². The van der Waals surface area contributed by atoms with Crippen LogP contribution in [0.5, 0.6) is 5.75 Å². The van der Waals surface area contributed by atoms with Crippen LogP contribution in [0.4, 0.5) is 5.69 Å². The zero-order chi connectivity index (χ0) is 35.0. The van der Waals surface area contributed by atoms with E-state index in [-0.39, 0.29) is 36.0 Å². The van der Waals surface area contributed by atoms with E-state index in [0.29, 0.717) is 19.5 Å². The van der Waals surface area contributed by atoms with E-state index < -0.39 is 13.7 Å². The van der Waals surface area contributed by atoms with Crippen molar-refractivity contribution in [3.8, 4) is 5.75 Å². The smallest absolute Gasteiger partial charge is 0.264 e. The third-order valence-corrected chi connectivity index (χ3v) is 15.8. The van der Waals surface area contributed by atoms with Crippen LogP contribution in [0.3, 0.4) is 0 Å². The van der Waals surface area contributed by atoms with Crippen molar-refractivity contribution in [2.24, 2.45) is 5.92 Å². The van der Waals surface area contributed by atoms with Crippen LogP contribution < -0.4 is 14.8 Å². The molecule has 1 saturated heterocycles. The SMILES string of the molecule is COc1ccc([Si](C)(C)[C@H]2[C@H](CCn3cc(C(CO)c4ccccc4)nn3)O[C@@]3(C(=O)N(Cc4ccccc4)c4ccc(Br)cc43)[C@@H]2C)cc1. The van der Waals surface area contributed by atoms with E-state index in [1.165, 1.54) is 5.19 Å². The second-order valence-corrected chi connectivity index (χ2v) is 19.6. The fraction of sp³-hybridized carbons (Fsp3) is 0.325. The highest BCUT2D eigenvalue weighted by molar-refractivity contribution is 9.10. The van der Waals surface area contributed by atoms with Crippen LogP contribution >= 0.6 is 15.9 Å². The molecule has 4 aromatic carbocycles. The standard InChI is InChI=1S/C40H43BrN4O4Si/c1-27-38(50(3,4)32-18-16-31(48-2)17-19-32)37(21-22-44-25-35(42-43-44)33(26-46)29-13-9-6-10-14-29)49-40(27)34-23-30(41)15-20-36(34)45(39(40)47)24-28-11-7-5-8-12-28/h5-20,23,25,27,33,37-38,46H,21-22,24,26H2,1-4H3/t27-,33?,37+,38-,40+/m1/s1. The lowest BCUT2D eigenvalue weighted by molar-refractivity contribution is -0.146. The average Bonchev–Trinajstić information content (AvgIpc) is 3.79. The maximum Gasteiger partial charge on any atom is 0.264 e. The largest absolute Gasteiger partial charge is 0.497 e. The normalized spacial score (nSPS) is 22.2. The summed E-state index contributed by atoms with van der Waals surface area (Å²) in [4.78, 5) is 16.9. The Balaban J connectivity index is 1.25. The minimum atomic E-state index is -2.30. The predicted octanol–water partition coefficient (Wildman–Crippen LogP) is 7.03. The third kappa shape index (κ3) is 6.02. The molecule has 1 aromatic heterocycles. The van der Waals surface area contributed by atoms with E-state index in [4.69, 9.17) is 9.47 Å².